The lowest BCUT2D eigenvalue weighted by molar-refractivity contribution is 0.0601. The first-order valence-corrected chi connectivity index (χ1v) is 10.5. The number of aromatic nitrogens is 6. The Labute approximate surface area is 193 Å². The number of hydrogen-bond donors (Lipinski definition) is 1. The van der Waals surface area contributed by atoms with E-state index in [9.17, 15) is 9.18 Å². The second kappa shape index (κ2) is 9.10. The van der Waals surface area contributed by atoms with Crippen LogP contribution in [0, 0.1) is 5.82 Å². The van der Waals surface area contributed by atoms with E-state index in [0.717, 1.165) is 11.2 Å². The normalized spacial score (nSPS) is 11.0. The highest BCUT2D eigenvalue weighted by atomic mass is 19.1. The highest BCUT2D eigenvalue weighted by molar-refractivity contribution is 5.94. The number of anilines is 1. The fraction of sp³-hybridized carbons (Fsp3) is 0.125. The first-order chi connectivity index (χ1) is 16.6. The van der Waals surface area contributed by atoms with Gasteiger partial charge >= 0.3 is 5.97 Å². The van der Waals surface area contributed by atoms with E-state index >= 15 is 0 Å². The Morgan fingerprint density at radius 3 is 2.79 bits per heavy atom. The smallest absolute Gasteiger partial charge is 0.341 e. The first-order valence-electron chi connectivity index (χ1n) is 10.5. The van der Waals surface area contributed by atoms with Crippen molar-refractivity contribution >= 4 is 22.8 Å². The van der Waals surface area contributed by atoms with Gasteiger partial charge in [-0.05, 0) is 36.4 Å². The first kappa shape index (κ1) is 21.3. The van der Waals surface area contributed by atoms with E-state index in [0.29, 0.717) is 41.5 Å². The van der Waals surface area contributed by atoms with Crippen LogP contribution < -0.4 is 5.32 Å². The zero-order valence-corrected chi connectivity index (χ0v) is 18.2. The quantitative estimate of drug-likeness (QED) is 0.373. The molecule has 0 aliphatic rings. The van der Waals surface area contributed by atoms with Gasteiger partial charge in [0, 0.05) is 18.0 Å². The summed E-state index contributed by atoms with van der Waals surface area (Å²) in [5.41, 5.74) is 3.26. The molecule has 170 valence electrons. The number of imidazole rings is 1. The Balaban J connectivity index is 1.39. The number of pyridine rings is 1. The summed E-state index contributed by atoms with van der Waals surface area (Å²) in [6, 6.07) is 17.6. The SMILES string of the molecule is COC(=O)c1cccnc1NCc1cn(Cc2nc3cc(F)ccc3n2-c2ccccc2)nn1. The highest BCUT2D eigenvalue weighted by Crippen LogP contribution is 2.23. The van der Waals surface area contributed by atoms with E-state index in [1.807, 2.05) is 34.9 Å². The molecule has 5 aromatic rings. The zero-order valence-electron chi connectivity index (χ0n) is 18.2. The second-order valence-electron chi connectivity index (χ2n) is 7.48. The van der Waals surface area contributed by atoms with Crippen LogP contribution in [0.25, 0.3) is 16.7 Å². The van der Waals surface area contributed by atoms with Crippen molar-refractivity contribution in [1.29, 1.82) is 0 Å². The minimum atomic E-state index is -0.476. The lowest BCUT2D eigenvalue weighted by Crippen LogP contribution is -2.10. The molecule has 0 atom stereocenters. The molecule has 5 rings (SSSR count). The van der Waals surface area contributed by atoms with Gasteiger partial charge in [-0.3, -0.25) is 4.57 Å². The monoisotopic (exact) mass is 457 g/mol. The number of fused-ring (bicyclic) bond motifs is 1. The summed E-state index contributed by atoms with van der Waals surface area (Å²) >= 11 is 0. The molecule has 2 aromatic carbocycles. The van der Waals surface area contributed by atoms with E-state index in [4.69, 9.17) is 4.74 Å². The van der Waals surface area contributed by atoms with Crippen LogP contribution in [0.1, 0.15) is 21.9 Å². The number of carbonyl (C=O) groups is 1. The number of carbonyl (C=O) groups excluding carboxylic acids is 1. The van der Waals surface area contributed by atoms with Gasteiger partial charge in [0.25, 0.3) is 0 Å². The molecule has 3 aromatic heterocycles. The standard InChI is InChI=1S/C24H20FN7O2/c1-34-24(33)19-8-5-11-26-23(19)27-13-17-14-31(30-29-17)15-22-28-20-12-16(25)9-10-21(20)32(22)18-6-3-2-4-7-18/h2-12,14H,13,15H2,1H3,(H,26,27). The number of para-hydroxylation sites is 1. The third-order valence-corrected chi connectivity index (χ3v) is 5.24. The Morgan fingerprint density at radius 2 is 1.97 bits per heavy atom. The van der Waals surface area contributed by atoms with Gasteiger partial charge in [0.2, 0.25) is 0 Å². The Hall–Kier alpha value is -4.60. The van der Waals surface area contributed by atoms with E-state index in [-0.39, 0.29) is 5.82 Å². The van der Waals surface area contributed by atoms with E-state index in [1.165, 1.54) is 19.2 Å². The van der Waals surface area contributed by atoms with Crippen LogP contribution in [-0.4, -0.2) is 42.6 Å². The van der Waals surface area contributed by atoms with Crippen molar-refractivity contribution < 1.29 is 13.9 Å². The van der Waals surface area contributed by atoms with Crippen LogP contribution in [0.2, 0.25) is 0 Å². The van der Waals surface area contributed by atoms with Crippen LogP contribution in [0.5, 0.6) is 0 Å². The van der Waals surface area contributed by atoms with Gasteiger partial charge in [-0.25, -0.2) is 23.8 Å². The number of rotatable bonds is 7. The summed E-state index contributed by atoms with van der Waals surface area (Å²) in [6.07, 6.45) is 3.37. The molecule has 10 heteroatoms. The maximum absolute atomic E-state index is 13.8. The Bertz CT molecular complexity index is 1460. The van der Waals surface area contributed by atoms with Crippen molar-refractivity contribution in [3.8, 4) is 5.69 Å². The molecule has 0 radical (unpaired) electrons. The van der Waals surface area contributed by atoms with E-state index < -0.39 is 5.97 Å². The number of ether oxygens (including phenoxy) is 1. The van der Waals surface area contributed by atoms with Gasteiger partial charge in [-0.1, -0.05) is 23.4 Å². The van der Waals surface area contributed by atoms with Gasteiger partial charge in [0.15, 0.2) is 0 Å². The molecule has 3 heterocycles. The van der Waals surface area contributed by atoms with Gasteiger partial charge in [0.05, 0.1) is 30.9 Å². The summed E-state index contributed by atoms with van der Waals surface area (Å²) in [5.74, 6) is 0.271. The van der Waals surface area contributed by atoms with Gasteiger partial charge < -0.3 is 10.1 Å². The number of esters is 1. The highest BCUT2D eigenvalue weighted by Gasteiger charge is 2.16. The van der Waals surface area contributed by atoms with E-state index in [2.05, 4.69) is 25.6 Å². The maximum Gasteiger partial charge on any atom is 0.341 e. The average Bonchev–Trinajstić information content (AvgIpc) is 3.46. The van der Waals surface area contributed by atoms with Gasteiger partial charge in [-0.15, -0.1) is 5.10 Å². The third-order valence-electron chi connectivity index (χ3n) is 5.24. The number of methoxy groups -OCH3 is 1. The second-order valence-corrected chi connectivity index (χ2v) is 7.48. The predicted octanol–water partition coefficient (Wildman–Crippen LogP) is 3.60. The minimum absolute atomic E-state index is 0.307. The van der Waals surface area contributed by atoms with Crippen LogP contribution in [0.4, 0.5) is 10.2 Å². The summed E-state index contributed by atoms with van der Waals surface area (Å²) in [6.45, 7) is 0.635. The molecule has 0 bridgehead atoms. The lowest BCUT2D eigenvalue weighted by atomic mass is 10.2. The molecule has 0 aliphatic carbocycles. The predicted molar refractivity (Wildman–Crippen MR) is 123 cm³/mol. The number of nitrogens with zero attached hydrogens (tertiary/aromatic N) is 6. The zero-order chi connectivity index (χ0) is 23.5. The van der Waals surface area contributed by atoms with Crippen LogP contribution in [-0.2, 0) is 17.8 Å². The fourth-order valence-electron chi connectivity index (χ4n) is 3.71. The molecule has 34 heavy (non-hydrogen) atoms. The summed E-state index contributed by atoms with van der Waals surface area (Å²) in [5, 5.41) is 11.5. The molecule has 0 saturated carbocycles. The molecule has 0 amide bonds. The number of halogens is 1. The number of hydrogen-bond acceptors (Lipinski definition) is 7. The number of benzene rings is 2. The third kappa shape index (κ3) is 4.20. The van der Waals surface area contributed by atoms with Crippen molar-refractivity contribution in [2.24, 2.45) is 0 Å². The molecule has 9 nitrogen and oxygen atoms in total. The fourth-order valence-corrected chi connectivity index (χ4v) is 3.71. The van der Waals surface area contributed by atoms with Crippen LogP contribution in [0.3, 0.4) is 0 Å². The molecule has 0 spiro atoms. The summed E-state index contributed by atoms with van der Waals surface area (Å²) in [7, 11) is 1.32. The van der Waals surface area contributed by atoms with Crippen molar-refractivity contribution in [2.45, 2.75) is 13.1 Å². The van der Waals surface area contributed by atoms with Crippen molar-refractivity contribution in [3.63, 3.8) is 0 Å². The Morgan fingerprint density at radius 1 is 1.12 bits per heavy atom. The van der Waals surface area contributed by atoms with Crippen LogP contribution in [0.15, 0.2) is 73.1 Å². The number of nitrogens with one attached hydrogen (secondary N) is 1. The molecule has 0 saturated heterocycles. The van der Waals surface area contributed by atoms with Crippen molar-refractivity contribution in [2.75, 3.05) is 12.4 Å². The lowest BCUT2D eigenvalue weighted by Gasteiger charge is -2.09. The van der Waals surface area contributed by atoms with E-state index in [1.54, 1.807) is 35.3 Å². The summed E-state index contributed by atoms with van der Waals surface area (Å²) < 4.78 is 22.3. The molecule has 0 aliphatic heterocycles. The molecular weight excluding hydrogens is 437 g/mol. The minimum Gasteiger partial charge on any atom is -0.465 e. The van der Waals surface area contributed by atoms with Gasteiger partial charge in [0.1, 0.15) is 35.3 Å². The topological polar surface area (TPSA) is 99.8 Å². The van der Waals surface area contributed by atoms with Crippen molar-refractivity contribution in [1.82, 2.24) is 29.5 Å². The van der Waals surface area contributed by atoms with Crippen LogP contribution >= 0.6 is 0 Å². The molecular formula is C24H20FN7O2. The van der Waals surface area contributed by atoms with Gasteiger partial charge in [-0.2, -0.15) is 0 Å². The van der Waals surface area contributed by atoms with Crippen molar-refractivity contribution in [3.05, 3.63) is 96.0 Å². The molecule has 0 fully saturated rings. The molecule has 1 N–H and O–H groups in total. The Kier molecular flexibility index (Phi) is 5.69. The average molecular weight is 457 g/mol. The molecule has 0 unspecified atom stereocenters. The summed E-state index contributed by atoms with van der Waals surface area (Å²) in [4.78, 5) is 20.8. The largest absolute Gasteiger partial charge is 0.465 e. The maximum atomic E-state index is 13.8.